The summed E-state index contributed by atoms with van der Waals surface area (Å²) in [5.74, 6) is 0.274. The number of nitrogens with zero attached hydrogens (tertiary/aromatic N) is 3. The standard InChI is InChI=1S/C14H14F3N3O/c1-10-6-7-18-13(19-10)20(2)9-11-4-3-5-12(8-11)21-14(15,16)17/h3-8H,9H2,1-2H3. The van der Waals surface area contributed by atoms with E-state index in [0.717, 1.165) is 5.69 Å². The average molecular weight is 297 g/mol. The lowest BCUT2D eigenvalue weighted by Crippen LogP contribution is -2.20. The second kappa shape index (κ2) is 5.99. The molecule has 1 heterocycles. The first-order valence-electron chi connectivity index (χ1n) is 6.19. The van der Waals surface area contributed by atoms with Crippen LogP contribution in [0.2, 0.25) is 0 Å². The van der Waals surface area contributed by atoms with Gasteiger partial charge in [0.25, 0.3) is 0 Å². The summed E-state index contributed by atoms with van der Waals surface area (Å²) in [6.45, 7) is 2.22. The van der Waals surface area contributed by atoms with Crippen LogP contribution in [0.1, 0.15) is 11.3 Å². The Morgan fingerprint density at radius 3 is 2.67 bits per heavy atom. The number of hydrogen-bond donors (Lipinski definition) is 0. The van der Waals surface area contributed by atoms with E-state index in [1.54, 1.807) is 30.3 Å². The maximum atomic E-state index is 12.2. The zero-order valence-electron chi connectivity index (χ0n) is 11.6. The van der Waals surface area contributed by atoms with E-state index in [1.165, 1.54) is 18.2 Å². The Labute approximate surface area is 120 Å². The average Bonchev–Trinajstić information content (AvgIpc) is 2.37. The van der Waals surface area contributed by atoms with Crippen molar-refractivity contribution in [2.45, 2.75) is 19.8 Å². The van der Waals surface area contributed by atoms with Gasteiger partial charge in [0.05, 0.1) is 0 Å². The smallest absolute Gasteiger partial charge is 0.406 e. The summed E-state index contributed by atoms with van der Waals surface area (Å²) in [5, 5.41) is 0. The van der Waals surface area contributed by atoms with Gasteiger partial charge in [0.1, 0.15) is 5.75 Å². The second-order valence-corrected chi connectivity index (χ2v) is 4.55. The van der Waals surface area contributed by atoms with E-state index in [4.69, 9.17) is 0 Å². The number of aromatic nitrogens is 2. The van der Waals surface area contributed by atoms with Crippen LogP contribution in [0.15, 0.2) is 36.5 Å². The molecular weight excluding hydrogens is 283 g/mol. The third kappa shape index (κ3) is 4.62. The molecule has 0 unspecified atom stereocenters. The predicted molar refractivity (Wildman–Crippen MR) is 72.0 cm³/mol. The van der Waals surface area contributed by atoms with Crippen LogP contribution < -0.4 is 9.64 Å². The van der Waals surface area contributed by atoms with Gasteiger partial charge in [0.2, 0.25) is 5.95 Å². The van der Waals surface area contributed by atoms with Crippen LogP contribution >= 0.6 is 0 Å². The number of benzene rings is 1. The van der Waals surface area contributed by atoms with Gasteiger partial charge in [0.15, 0.2) is 0 Å². The molecule has 7 heteroatoms. The largest absolute Gasteiger partial charge is 0.573 e. The molecule has 0 N–H and O–H groups in total. The highest BCUT2D eigenvalue weighted by atomic mass is 19.4. The Morgan fingerprint density at radius 2 is 2.00 bits per heavy atom. The molecule has 0 atom stereocenters. The van der Waals surface area contributed by atoms with Gasteiger partial charge in [-0.15, -0.1) is 13.2 Å². The van der Waals surface area contributed by atoms with Gasteiger partial charge in [0, 0.05) is 25.5 Å². The maximum absolute atomic E-state index is 12.2. The third-order valence-corrected chi connectivity index (χ3v) is 2.68. The molecule has 112 valence electrons. The molecule has 0 aliphatic rings. The number of alkyl halides is 3. The minimum absolute atomic E-state index is 0.237. The highest BCUT2D eigenvalue weighted by molar-refractivity contribution is 5.34. The summed E-state index contributed by atoms with van der Waals surface area (Å²) in [6, 6.07) is 7.62. The van der Waals surface area contributed by atoms with Crippen LogP contribution in [0.25, 0.3) is 0 Å². The van der Waals surface area contributed by atoms with Crippen molar-refractivity contribution in [2.24, 2.45) is 0 Å². The quantitative estimate of drug-likeness (QED) is 0.867. The number of ether oxygens (including phenoxy) is 1. The summed E-state index contributed by atoms with van der Waals surface area (Å²) >= 11 is 0. The van der Waals surface area contributed by atoms with Crippen LogP contribution in [0.5, 0.6) is 5.75 Å². The zero-order chi connectivity index (χ0) is 15.5. The summed E-state index contributed by atoms with van der Waals surface area (Å²) in [6.07, 6.45) is -3.05. The maximum Gasteiger partial charge on any atom is 0.573 e. The summed E-state index contributed by atoms with van der Waals surface area (Å²) in [4.78, 5) is 10.1. The van der Waals surface area contributed by atoms with Crippen molar-refractivity contribution in [1.29, 1.82) is 0 Å². The Hall–Kier alpha value is -2.31. The van der Waals surface area contributed by atoms with Crippen LogP contribution in [-0.2, 0) is 6.54 Å². The van der Waals surface area contributed by atoms with Crippen molar-refractivity contribution in [1.82, 2.24) is 9.97 Å². The first-order valence-corrected chi connectivity index (χ1v) is 6.19. The zero-order valence-corrected chi connectivity index (χ0v) is 11.6. The fourth-order valence-electron chi connectivity index (χ4n) is 1.81. The topological polar surface area (TPSA) is 38.2 Å². The highest BCUT2D eigenvalue weighted by Crippen LogP contribution is 2.24. The lowest BCUT2D eigenvalue weighted by atomic mass is 10.2. The molecule has 1 aromatic carbocycles. The van der Waals surface area contributed by atoms with Crippen molar-refractivity contribution in [2.75, 3.05) is 11.9 Å². The van der Waals surface area contributed by atoms with Crippen LogP contribution in [-0.4, -0.2) is 23.4 Å². The van der Waals surface area contributed by atoms with E-state index in [2.05, 4.69) is 14.7 Å². The highest BCUT2D eigenvalue weighted by Gasteiger charge is 2.31. The summed E-state index contributed by atoms with van der Waals surface area (Å²) in [5.41, 5.74) is 1.49. The first kappa shape index (κ1) is 15.1. The minimum Gasteiger partial charge on any atom is -0.406 e. The van der Waals surface area contributed by atoms with Crippen molar-refractivity contribution in [3.8, 4) is 5.75 Å². The van der Waals surface area contributed by atoms with E-state index >= 15 is 0 Å². The van der Waals surface area contributed by atoms with E-state index < -0.39 is 6.36 Å². The molecule has 0 saturated heterocycles. The molecule has 0 spiro atoms. The molecular formula is C14H14F3N3O. The molecule has 0 radical (unpaired) electrons. The molecule has 0 bridgehead atoms. The fourth-order valence-corrected chi connectivity index (χ4v) is 1.81. The van der Waals surface area contributed by atoms with E-state index in [-0.39, 0.29) is 5.75 Å². The molecule has 1 aromatic heterocycles. The molecule has 21 heavy (non-hydrogen) atoms. The molecule has 0 saturated carbocycles. The van der Waals surface area contributed by atoms with Gasteiger partial charge in [-0.2, -0.15) is 0 Å². The normalized spacial score (nSPS) is 11.3. The van der Waals surface area contributed by atoms with E-state index in [0.29, 0.717) is 18.1 Å². The fraction of sp³-hybridized carbons (Fsp3) is 0.286. The van der Waals surface area contributed by atoms with Gasteiger partial charge in [-0.3, -0.25) is 0 Å². The lowest BCUT2D eigenvalue weighted by Gasteiger charge is -2.18. The minimum atomic E-state index is -4.69. The monoisotopic (exact) mass is 297 g/mol. The Kier molecular flexibility index (Phi) is 4.30. The SMILES string of the molecule is Cc1ccnc(N(C)Cc2cccc(OC(F)(F)F)c2)n1. The summed E-state index contributed by atoms with van der Waals surface area (Å²) in [7, 11) is 1.77. The van der Waals surface area contributed by atoms with Crippen molar-refractivity contribution < 1.29 is 17.9 Å². The van der Waals surface area contributed by atoms with Gasteiger partial charge in [-0.05, 0) is 30.7 Å². The number of anilines is 1. The van der Waals surface area contributed by atoms with E-state index in [9.17, 15) is 13.2 Å². The number of rotatable bonds is 4. The Bertz CT molecular complexity index is 616. The van der Waals surface area contributed by atoms with Gasteiger partial charge >= 0.3 is 6.36 Å². The van der Waals surface area contributed by atoms with Crippen molar-refractivity contribution in [3.05, 3.63) is 47.8 Å². The van der Waals surface area contributed by atoms with Gasteiger partial charge in [-0.25, -0.2) is 9.97 Å². The first-order chi connectivity index (χ1) is 9.83. The summed E-state index contributed by atoms with van der Waals surface area (Å²) < 4.78 is 40.5. The Morgan fingerprint density at radius 1 is 1.24 bits per heavy atom. The van der Waals surface area contributed by atoms with Gasteiger partial charge < -0.3 is 9.64 Å². The molecule has 0 aliphatic carbocycles. The number of hydrogen-bond acceptors (Lipinski definition) is 4. The van der Waals surface area contributed by atoms with Crippen molar-refractivity contribution in [3.63, 3.8) is 0 Å². The predicted octanol–water partition coefficient (Wildman–Crippen LogP) is 3.32. The molecule has 4 nitrogen and oxygen atoms in total. The van der Waals surface area contributed by atoms with Crippen LogP contribution in [0.4, 0.5) is 19.1 Å². The molecule has 2 rings (SSSR count). The van der Waals surface area contributed by atoms with E-state index in [1.807, 2.05) is 6.92 Å². The molecule has 0 aliphatic heterocycles. The molecule has 0 amide bonds. The van der Waals surface area contributed by atoms with Crippen molar-refractivity contribution >= 4 is 5.95 Å². The third-order valence-electron chi connectivity index (χ3n) is 2.68. The second-order valence-electron chi connectivity index (χ2n) is 4.55. The van der Waals surface area contributed by atoms with Gasteiger partial charge in [-0.1, -0.05) is 12.1 Å². The lowest BCUT2D eigenvalue weighted by molar-refractivity contribution is -0.274. The number of halogens is 3. The van der Waals surface area contributed by atoms with Crippen LogP contribution in [0, 0.1) is 6.92 Å². The number of aryl methyl sites for hydroxylation is 1. The molecule has 2 aromatic rings. The van der Waals surface area contributed by atoms with Crippen LogP contribution in [0.3, 0.4) is 0 Å². The molecule has 0 fully saturated rings. The Balaban J connectivity index is 2.11.